The van der Waals surface area contributed by atoms with Gasteiger partial charge in [0.25, 0.3) is 0 Å². The van der Waals surface area contributed by atoms with Crippen molar-refractivity contribution in [3.63, 3.8) is 0 Å². The van der Waals surface area contributed by atoms with E-state index in [4.69, 9.17) is 4.74 Å². The lowest BCUT2D eigenvalue weighted by Crippen LogP contribution is -2.38. The van der Waals surface area contributed by atoms with Gasteiger partial charge in [-0.1, -0.05) is 30.3 Å². The minimum absolute atomic E-state index is 0.224. The molecule has 2 aromatic carbocycles. The van der Waals surface area contributed by atoms with Gasteiger partial charge in [-0.3, -0.25) is 9.69 Å². The molecule has 0 spiro atoms. The molecule has 1 heterocycles. The molecule has 2 aromatic rings. The lowest BCUT2D eigenvalue weighted by atomic mass is 9.89. The number of piperidine rings is 1. The van der Waals surface area contributed by atoms with Gasteiger partial charge in [0.05, 0.1) is 6.61 Å². The van der Waals surface area contributed by atoms with Crippen LogP contribution in [0.15, 0.2) is 36.4 Å². The van der Waals surface area contributed by atoms with Crippen molar-refractivity contribution in [3.8, 4) is 5.75 Å². The minimum atomic E-state index is 0.224. The van der Waals surface area contributed by atoms with Gasteiger partial charge in [-0.25, -0.2) is 0 Å². The number of nitrogens with one attached hydrogen (secondary N) is 1. The van der Waals surface area contributed by atoms with Crippen molar-refractivity contribution in [3.05, 3.63) is 42.0 Å². The minimum Gasteiger partial charge on any atom is -0.494 e. The Morgan fingerprint density at radius 1 is 1.15 bits per heavy atom. The van der Waals surface area contributed by atoms with Crippen LogP contribution in [0.5, 0.6) is 5.75 Å². The number of hydrogen-bond acceptors (Lipinski definition) is 3. The van der Waals surface area contributed by atoms with E-state index in [0.29, 0.717) is 30.9 Å². The van der Waals surface area contributed by atoms with E-state index in [1.54, 1.807) is 0 Å². The van der Waals surface area contributed by atoms with E-state index in [0.717, 1.165) is 25.3 Å². The summed E-state index contributed by atoms with van der Waals surface area (Å²) < 4.78 is 5.94. The van der Waals surface area contributed by atoms with Crippen molar-refractivity contribution in [1.29, 1.82) is 0 Å². The molecule has 0 aromatic heterocycles. The second-order valence-electron chi connectivity index (χ2n) is 7.77. The summed E-state index contributed by atoms with van der Waals surface area (Å²) in [6.45, 7) is 4.44. The highest BCUT2D eigenvalue weighted by atomic mass is 16.5. The summed E-state index contributed by atoms with van der Waals surface area (Å²) in [5.41, 5.74) is 1.27. The molecule has 1 N–H and O–H groups in total. The molecule has 4 heteroatoms. The zero-order valence-electron chi connectivity index (χ0n) is 15.7. The van der Waals surface area contributed by atoms with Gasteiger partial charge in [-0.15, -0.1) is 0 Å². The number of carbonyl (C=O) groups is 1. The van der Waals surface area contributed by atoms with Crippen LogP contribution in [0, 0.1) is 11.8 Å². The van der Waals surface area contributed by atoms with Crippen molar-refractivity contribution in [2.45, 2.75) is 38.8 Å². The Balaban J connectivity index is 1.56. The Morgan fingerprint density at radius 2 is 1.96 bits per heavy atom. The van der Waals surface area contributed by atoms with Gasteiger partial charge in [0.1, 0.15) is 5.75 Å². The van der Waals surface area contributed by atoms with Crippen molar-refractivity contribution in [2.75, 3.05) is 20.2 Å². The maximum Gasteiger partial charge on any atom is 0.220 e. The monoisotopic (exact) mass is 352 g/mol. The summed E-state index contributed by atoms with van der Waals surface area (Å²) in [6, 6.07) is 13.3. The van der Waals surface area contributed by atoms with Crippen molar-refractivity contribution in [2.24, 2.45) is 11.8 Å². The molecule has 0 radical (unpaired) electrons. The number of carbonyl (C=O) groups excluding carboxylic acids is 1. The Bertz CT molecular complexity index is 804. The zero-order chi connectivity index (χ0) is 18.1. The summed E-state index contributed by atoms with van der Waals surface area (Å²) in [7, 11) is 2.22. The Morgan fingerprint density at radius 3 is 2.81 bits per heavy atom. The normalized spacial score (nSPS) is 25.3. The lowest BCUT2D eigenvalue weighted by molar-refractivity contribution is -0.124. The summed E-state index contributed by atoms with van der Waals surface area (Å²) >= 11 is 0. The molecule has 2 aliphatic rings. The second-order valence-corrected chi connectivity index (χ2v) is 7.77. The first-order valence-corrected chi connectivity index (χ1v) is 9.76. The van der Waals surface area contributed by atoms with Gasteiger partial charge in [0.2, 0.25) is 5.91 Å². The van der Waals surface area contributed by atoms with Crippen LogP contribution in [0.25, 0.3) is 10.8 Å². The van der Waals surface area contributed by atoms with E-state index in [-0.39, 0.29) is 5.91 Å². The Labute approximate surface area is 155 Å². The average molecular weight is 352 g/mol. The molecule has 26 heavy (non-hydrogen) atoms. The van der Waals surface area contributed by atoms with Crippen LogP contribution in [0.4, 0.5) is 0 Å². The predicted octanol–water partition coefficient (Wildman–Crippen LogP) is 3.59. The highest BCUT2D eigenvalue weighted by Gasteiger charge is 2.39. The maximum atomic E-state index is 11.7. The highest BCUT2D eigenvalue weighted by molar-refractivity contribution is 5.87. The van der Waals surface area contributed by atoms with Gasteiger partial charge in [-0.05, 0) is 55.5 Å². The largest absolute Gasteiger partial charge is 0.494 e. The number of ether oxygens (including phenoxy) is 1. The van der Waals surface area contributed by atoms with E-state index >= 15 is 0 Å². The third-order valence-corrected chi connectivity index (χ3v) is 6.15. The average Bonchev–Trinajstić information content (AvgIpc) is 3.07. The van der Waals surface area contributed by atoms with Crippen molar-refractivity contribution in [1.82, 2.24) is 10.2 Å². The topological polar surface area (TPSA) is 41.6 Å². The van der Waals surface area contributed by atoms with Crippen LogP contribution >= 0.6 is 0 Å². The summed E-state index contributed by atoms with van der Waals surface area (Å²) in [5, 5.41) is 5.57. The number of nitrogens with zero attached hydrogens (tertiary/aromatic N) is 1. The SMILES string of the molecule is CCOc1ccc2ccccc2c1CN(C)[C@H]1C[C@H]2CNC(=O)C[C@H]2C1. The summed E-state index contributed by atoms with van der Waals surface area (Å²) in [5.74, 6) is 2.40. The smallest absolute Gasteiger partial charge is 0.220 e. The molecule has 3 atom stereocenters. The molecule has 138 valence electrons. The quantitative estimate of drug-likeness (QED) is 0.894. The predicted molar refractivity (Wildman–Crippen MR) is 104 cm³/mol. The molecule has 4 nitrogen and oxygen atoms in total. The second kappa shape index (κ2) is 7.28. The van der Waals surface area contributed by atoms with Crippen LogP contribution in [0.2, 0.25) is 0 Å². The van der Waals surface area contributed by atoms with E-state index < -0.39 is 0 Å². The van der Waals surface area contributed by atoms with E-state index in [1.165, 1.54) is 22.8 Å². The molecule has 0 bridgehead atoms. The number of hydrogen-bond donors (Lipinski definition) is 1. The van der Waals surface area contributed by atoms with Crippen LogP contribution < -0.4 is 10.1 Å². The van der Waals surface area contributed by atoms with E-state index in [9.17, 15) is 4.79 Å². The van der Waals surface area contributed by atoms with E-state index in [2.05, 4.69) is 53.7 Å². The number of rotatable bonds is 5. The molecular formula is C22H28N2O2. The van der Waals surface area contributed by atoms with E-state index in [1.807, 2.05) is 6.92 Å². The summed E-state index contributed by atoms with van der Waals surface area (Å²) in [4.78, 5) is 14.2. The van der Waals surface area contributed by atoms with Gasteiger partial charge in [0, 0.05) is 31.1 Å². The van der Waals surface area contributed by atoms with Gasteiger partial charge in [-0.2, -0.15) is 0 Å². The molecule has 1 amide bonds. The van der Waals surface area contributed by atoms with Crippen LogP contribution in [0.3, 0.4) is 0 Å². The fraction of sp³-hybridized carbons (Fsp3) is 0.500. The molecule has 0 unspecified atom stereocenters. The molecule has 1 aliphatic heterocycles. The summed E-state index contributed by atoms with van der Waals surface area (Å²) in [6.07, 6.45) is 3.01. The standard InChI is InChI=1S/C22H28N2O2/c1-3-26-21-9-8-15-6-4-5-7-19(15)20(21)14-24(2)18-10-16-12-22(25)23-13-17(16)11-18/h4-9,16-18H,3,10-14H2,1-2H3,(H,23,25)/t16-,17+,18-/m1/s1. The maximum absolute atomic E-state index is 11.7. The third kappa shape index (κ3) is 3.30. The molecule has 4 rings (SSSR count). The first-order valence-electron chi connectivity index (χ1n) is 9.76. The molecular weight excluding hydrogens is 324 g/mol. The number of fused-ring (bicyclic) bond motifs is 2. The van der Waals surface area contributed by atoms with Crippen LogP contribution in [0.1, 0.15) is 31.7 Å². The highest BCUT2D eigenvalue weighted by Crippen LogP contribution is 2.39. The lowest BCUT2D eigenvalue weighted by Gasteiger charge is -2.26. The third-order valence-electron chi connectivity index (χ3n) is 6.15. The van der Waals surface area contributed by atoms with Crippen molar-refractivity contribution >= 4 is 16.7 Å². The zero-order valence-corrected chi connectivity index (χ0v) is 15.7. The number of benzene rings is 2. The van der Waals surface area contributed by atoms with Crippen molar-refractivity contribution < 1.29 is 9.53 Å². The molecule has 1 aliphatic carbocycles. The first kappa shape index (κ1) is 17.3. The van der Waals surface area contributed by atoms with Crippen LogP contribution in [-0.2, 0) is 11.3 Å². The Hall–Kier alpha value is -2.07. The Kier molecular flexibility index (Phi) is 4.86. The molecule has 1 saturated carbocycles. The van der Waals surface area contributed by atoms with Gasteiger partial charge >= 0.3 is 0 Å². The fourth-order valence-corrected chi connectivity index (χ4v) is 4.74. The number of amides is 1. The van der Waals surface area contributed by atoms with Gasteiger partial charge < -0.3 is 10.1 Å². The van der Waals surface area contributed by atoms with Gasteiger partial charge in [0.15, 0.2) is 0 Å². The van der Waals surface area contributed by atoms with Crippen LogP contribution in [-0.4, -0.2) is 37.0 Å². The molecule has 1 saturated heterocycles. The first-order chi connectivity index (χ1) is 12.7. The molecule has 2 fully saturated rings. The fourth-order valence-electron chi connectivity index (χ4n) is 4.74.